The lowest BCUT2D eigenvalue weighted by molar-refractivity contribution is -0.137. The van der Waals surface area contributed by atoms with Crippen molar-refractivity contribution in [1.82, 2.24) is 0 Å². The predicted molar refractivity (Wildman–Crippen MR) is 83.0 cm³/mol. The minimum atomic E-state index is -0.865. The van der Waals surface area contributed by atoms with Gasteiger partial charge < -0.3 is 10.8 Å². The van der Waals surface area contributed by atoms with E-state index >= 15 is 0 Å². The Hall–Kier alpha value is -1.35. The van der Waals surface area contributed by atoms with Gasteiger partial charge in [0.1, 0.15) is 0 Å². The van der Waals surface area contributed by atoms with E-state index in [1.165, 1.54) is 11.1 Å². The Morgan fingerprint density at radius 2 is 1.45 bits per heavy atom. The molecule has 1 rings (SSSR count). The Kier molecular flexibility index (Phi) is 4.65. The molecule has 0 spiro atoms. The molecule has 0 saturated heterocycles. The summed E-state index contributed by atoms with van der Waals surface area (Å²) in [5.74, 6) is -0.865. The van der Waals surface area contributed by atoms with E-state index in [-0.39, 0.29) is 17.3 Å². The number of nitrogens with two attached hydrogens (primary N) is 1. The summed E-state index contributed by atoms with van der Waals surface area (Å²) in [6, 6.07) is 5.83. The van der Waals surface area contributed by atoms with Crippen molar-refractivity contribution in [2.45, 2.75) is 64.8 Å². The van der Waals surface area contributed by atoms with Gasteiger partial charge in [0.15, 0.2) is 0 Å². The number of hydrogen-bond donors (Lipinski definition) is 2. The van der Waals surface area contributed by atoms with Crippen molar-refractivity contribution in [3.63, 3.8) is 0 Å². The molecule has 1 atom stereocenters. The molecular formula is C17H27NO2. The molecule has 3 N–H and O–H groups in total. The van der Waals surface area contributed by atoms with E-state index in [9.17, 15) is 4.79 Å². The molecule has 0 radical (unpaired) electrons. The van der Waals surface area contributed by atoms with Gasteiger partial charge in [0.25, 0.3) is 0 Å². The lowest BCUT2D eigenvalue weighted by Crippen LogP contribution is -2.20. The zero-order valence-electron chi connectivity index (χ0n) is 13.4. The maximum Gasteiger partial charge on any atom is 0.305 e. The van der Waals surface area contributed by atoms with Crippen LogP contribution in [-0.2, 0) is 15.6 Å². The van der Waals surface area contributed by atoms with E-state index in [0.29, 0.717) is 0 Å². The van der Waals surface area contributed by atoms with Gasteiger partial charge in [-0.3, -0.25) is 4.79 Å². The number of rotatable bonds is 3. The van der Waals surface area contributed by atoms with Gasteiger partial charge in [-0.2, -0.15) is 0 Å². The van der Waals surface area contributed by atoms with Crippen LogP contribution in [0.25, 0.3) is 0 Å². The zero-order valence-corrected chi connectivity index (χ0v) is 13.4. The Labute approximate surface area is 122 Å². The minimum absolute atomic E-state index is 0.0129. The number of hydrogen-bond acceptors (Lipinski definition) is 2. The van der Waals surface area contributed by atoms with Crippen LogP contribution >= 0.6 is 0 Å². The Bertz CT molecular complexity index is 460. The van der Waals surface area contributed by atoms with Crippen molar-refractivity contribution < 1.29 is 9.90 Å². The third-order valence-electron chi connectivity index (χ3n) is 3.51. The molecule has 0 aliphatic heterocycles. The average Bonchev–Trinajstić information content (AvgIpc) is 2.25. The highest BCUT2D eigenvalue weighted by Gasteiger charge is 2.22. The highest BCUT2D eigenvalue weighted by Crippen LogP contribution is 2.32. The van der Waals surface area contributed by atoms with Crippen LogP contribution < -0.4 is 5.73 Å². The molecule has 0 aliphatic carbocycles. The standard InChI is InChI=1S/C17H27NO2/c1-16(2,3)12-7-11(14(18)10-15(19)20)8-13(9-12)17(4,5)6/h7-9,14H,10,18H2,1-6H3,(H,19,20). The molecular weight excluding hydrogens is 250 g/mol. The molecule has 20 heavy (non-hydrogen) atoms. The average molecular weight is 277 g/mol. The second kappa shape index (κ2) is 5.57. The van der Waals surface area contributed by atoms with E-state index in [1.807, 2.05) is 12.1 Å². The van der Waals surface area contributed by atoms with Gasteiger partial charge >= 0.3 is 5.97 Å². The predicted octanol–water partition coefficient (Wildman–Crippen LogP) is 3.76. The van der Waals surface area contributed by atoms with Gasteiger partial charge in [-0.05, 0) is 27.5 Å². The summed E-state index contributed by atoms with van der Waals surface area (Å²) in [5, 5.41) is 8.92. The molecule has 0 aromatic heterocycles. The van der Waals surface area contributed by atoms with Crippen LogP contribution in [0.3, 0.4) is 0 Å². The fourth-order valence-electron chi connectivity index (χ4n) is 2.04. The van der Waals surface area contributed by atoms with E-state index in [0.717, 1.165) is 5.56 Å². The molecule has 112 valence electrons. The second-order valence-corrected chi connectivity index (χ2v) is 7.55. The van der Waals surface area contributed by atoms with Gasteiger partial charge in [-0.1, -0.05) is 59.7 Å². The van der Waals surface area contributed by atoms with Crippen molar-refractivity contribution in [3.05, 3.63) is 34.9 Å². The summed E-state index contributed by atoms with van der Waals surface area (Å²) in [5.41, 5.74) is 9.36. The normalized spacial score (nSPS) is 14.2. The van der Waals surface area contributed by atoms with Gasteiger partial charge in [-0.25, -0.2) is 0 Å². The van der Waals surface area contributed by atoms with E-state index in [1.54, 1.807) is 0 Å². The number of carboxylic acid groups (broad SMARTS) is 1. The van der Waals surface area contributed by atoms with E-state index < -0.39 is 12.0 Å². The minimum Gasteiger partial charge on any atom is -0.481 e. The topological polar surface area (TPSA) is 63.3 Å². The van der Waals surface area contributed by atoms with Crippen LogP contribution in [0.2, 0.25) is 0 Å². The fourth-order valence-corrected chi connectivity index (χ4v) is 2.04. The molecule has 0 bridgehead atoms. The SMILES string of the molecule is CC(C)(C)c1cc(C(N)CC(=O)O)cc(C(C)(C)C)c1. The monoisotopic (exact) mass is 277 g/mol. The highest BCUT2D eigenvalue weighted by molar-refractivity contribution is 5.68. The van der Waals surface area contributed by atoms with Gasteiger partial charge in [0.2, 0.25) is 0 Å². The van der Waals surface area contributed by atoms with Crippen LogP contribution in [0.4, 0.5) is 0 Å². The van der Waals surface area contributed by atoms with Crippen LogP contribution in [0, 0.1) is 0 Å². The van der Waals surface area contributed by atoms with Crippen molar-refractivity contribution in [2.24, 2.45) is 5.73 Å². The Balaban J connectivity index is 3.34. The molecule has 0 amide bonds. The quantitative estimate of drug-likeness (QED) is 0.884. The first-order valence-electron chi connectivity index (χ1n) is 7.04. The summed E-state index contributed by atoms with van der Waals surface area (Å²) >= 11 is 0. The smallest absolute Gasteiger partial charge is 0.305 e. The van der Waals surface area contributed by atoms with Crippen LogP contribution in [0.15, 0.2) is 18.2 Å². The number of benzene rings is 1. The molecule has 1 aromatic carbocycles. The second-order valence-electron chi connectivity index (χ2n) is 7.55. The molecule has 3 heteroatoms. The van der Waals surface area contributed by atoms with E-state index in [2.05, 4.69) is 47.6 Å². The number of carbonyl (C=O) groups is 1. The maximum atomic E-state index is 10.9. The molecule has 1 unspecified atom stereocenters. The summed E-state index contributed by atoms with van der Waals surface area (Å²) in [4.78, 5) is 10.9. The number of aliphatic carboxylic acids is 1. The van der Waals surface area contributed by atoms with Gasteiger partial charge in [0.05, 0.1) is 6.42 Å². The van der Waals surface area contributed by atoms with Gasteiger partial charge in [0, 0.05) is 6.04 Å². The Morgan fingerprint density at radius 3 is 1.75 bits per heavy atom. The summed E-state index contributed by atoms with van der Waals surface area (Å²) in [6.07, 6.45) is -0.0445. The molecule has 0 fully saturated rings. The van der Waals surface area contributed by atoms with Crippen LogP contribution in [-0.4, -0.2) is 11.1 Å². The molecule has 0 heterocycles. The lowest BCUT2D eigenvalue weighted by atomic mass is 9.78. The number of carboxylic acids is 1. The summed E-state index contributed by atoms with van der Waals surface area (Å²) in [6.45, 7) is 12.9. The van der Waals surface area contributed by atoms with Crippen molar-refractivity contribution in [2.75, 3.05) is 0 Å². The first-order valence-corrected chi connectivity index (χ1v) is 7.04. The van der Waals surface area contributed by atoms with Crippen molar-refractivity contribution >= 4 is 5.97 Å². The first-order chi connectivity index (χ1) is 8.91. The molecule has 3 nitrogen and oxygen atoms in total. The molecule has 1 aromatic rings. The van der Waals surface area contributed by atoms with Crippen LogP contribution in [0.1, 0.15) is 70.7 Å². The van der Waals surface area contributed by atoms with Gasteiger partial charge in [-0.15, -0.1) is 0 Å². The fraction of sp³-hybridized carbons (Fsp3) is 0.588. The third-order valence-corrected chi connectivity index (χ3v) is 3.51. The third kappa shape index (κ3) is 4.34. The zero-order chi connectivity index (χ0) is 15.7. The largest absolute Gasteiger partial charge is 0.481 e. The highest BCUT2D eigenvalue weighted by atomic mass is 16.4. The lowest BCUT2D eigenvalue weighted by Gasteiger charge is -2.27. The summed E-state index contributed by atoms with van der Waals surface area (Å²) < 4.78 is 0. The molecule has 0 aliphatic rings. The van der Waals surface area contributed by atoms with Crippen molar-refractivity contribution in [3.8, 4) is 0 Å². The van der Waals surface area contributed by atoms with E-state index in [4.69, 9.17) is 10.8 Å². The van der Waals surface area contributed by atoms with Crippen LogP contribution in [0.5, 0.6) is 0 Å². The Morgan fingerprint density at radius 1 is 1.05 bits per heavy atom. The molecule has 0 saturated carbocycles. The maximum absolute atomic E-state index is 10.9. The first kappa shape index (κ1) is 16.7. The van der Waals surface area contributed by atoms with Crippen molar-refractivity contribution in [1.29, 1.82) is 0 Å². The summed E-state index contributed by atoms with van der Waals surface area (Å²) in [7, 11) is 0.